The van der Waals surface area contributed by atoms with Gasteiger partial charge in [-0.3, -0.25) is 0 Å². The molecule has 8 heteroatoms. The summed E-state index contributed by atoms with van der Waals surface area (Å²) in [4.78, 5) is 22.6. The van der Waals surface area contributed by atoms with Crippen molar-refractivity contribution < 1.29 is 23.1 Å². The maximum Gasteiger partial charge on any atom is 0.359 e. The van der Waals surface area contributed by atoms with Gasteiger partial charge in [-0.25, -0.2) is 18.3 Å². The van der Waals surface area contributed by atoms with Crippen LogP contribution in [0.3, 0.4) is 0 Å². The SMILES string of the molecule is CCOC(=O)c1nn(Cc2cc(F)cc(F)c2)c(Cl)c1CC=O. The van der Waals surface area contributed by atoms with Gasteiger partial charge in [0.1, 0.15) is 23.1 Å². The lowest BCUT2D eigenvalue weighted by Crippen LogP contribution is -2.09. The number of carbonyl (C=O) groups excluding carboxylic acids is 2. The summed E-state index contributed by atoms with van der Waals surface area (Å²) in [6.07, 6.45) is 0.461. The standard InChI is InChI=1S/C15H13ClF2N2O3/c1-2-23-15(22)13-12(3-4-21)14(16)20(19-13)8-9-5-10(17)7-11(18)6-9/h4-7H,2-3,8H2,1H3. The second-order valence-electron chi connectivity index (χ2n) is 4.64. The highest BCUT2D eigenvalue weighted by molar-refractivity contribution is 6.31. The Labute approximate surface area is 135 Å². The van der Waals surface area contributed by atoms with E-state index in [1.807, 2.05) is 0 Å². The summed E-state index contributed by atoms with van der Waals surface area (Å²) in [7, 11) is 0. The fourth-order valence-corrected chi connectivity index (χ4v) is 2.35. The highest BCUT2D eigenvalue weighted by Gasteiger charge is 2.23. The van der Waals surface area contributed by atoms with Gasteiger partial charge in [0.15, 0.2) is 5.69 Å². The minimum Gasteiger partial charge on any atom is -0.461 e. The molecule has 0 saturated heterocycles. The van der Waals surface area contributed by atoms with Crippen LogP contribution in [0.15, 0.2) is 18.2 Å². The third-order valence-electron chi connectivity index (χ3n) is 2.99. The lowest BCUT2D eigenvalue weighted by Gasteiger charge is -2.04. The number of nitrogens with zero attached hydrogens (tertiary/aromatic N) is 2. The molecule has 23 heavy (non-hydrogen) atoms. The smallest absolute Gasteiger partial charge is 0.359 e. The van der Waals surface area contributed by atoms with E-state index in [0.717, 1.165) is 18.2 Å². The summed E-state index contributed by atoms with van der Waals surface area (Å²) in [5.41, 5.74) is 0.415. The fourth-order valence-electron chi connectivity index (χ4n) is 2.09. The Morgan fingerprint density at radius 2 is 2.00 bits per heavy atom. The Balaban J connectivity index is 2.40. The van der Waals surface area contributed by atoms with Gasteiger partial charge in [0, 0.05) is 18.1 Å². The Kier molecular flexibility index (Phi) is 5.44. The third-order valence-corrected chi connectivity index (χ3v) is 3.42. The van der Waals surface area contributed by atoms with Crippen LogP contribution in [0.25, 0.3) is 0 Å². The van der Waals surface area contributed by atoms with E-state index in [0.29, 0.717) is 6.29 Å². The predicted octanol–water partition coefficient (Wildman–Crippen LogP) is 2.78. The summed E-state index contributed by atoms with van der Waals surface area (Å²) < 4.78 is 32.5. The monoisotopic (exact) mass is 342 g/mol. The molecule has 0 aliphatic heterocycles. The van der Waals surface area contributed by atoms with Gasteiger partial charge in [-0.2, -0.15) is 5.10 Å². The zero-order valence-electron chi connectivity index (χ0n) is 12.2. The van der Waals surface area contributed by atoms with Crippen molar-refractivity contribution in [3.8, 4) is 0 Å². The summed E-state index contributed by atoms with van der Waals surface area (Å²) in [6, 6.07) is 3.01. The van der Waals surface area contributed by atoms with Gasteiger partial charge in [-0.15, -0.1) is 0 Å². The van der Waals surface area contributed by atoms with Gasteiger partial charge in [0.2, 0.25) is 0 Å². The number of benzene rings is 1. The molecular formula is C15H13ClF2N2O3. The molecular weight excluding hydrogens is 330 g/mol. The summed E-state index contributed by atoms with van der Waals surface area (Å²) in [5.74, 6) is -2.18. The molecule has 1 heterocycles. The second kappa shape index (κ2) is 7.32. The van der Waals surface area contributed by atoms with Crippen LogP contribution < -0.4 is 0 Å². The van der Waals surface area contributed by atoms with Crippen LogP contribution in [-0.2, 0) is 22.5 Å². The second-order valence-corrected chi connectivity index (χ2v) is 5.00. The zero-order chi connectivity index (χ0) is 17.0. The van der Waals surface area contributed by atoms with Gasteiger partial charge < -0.3 is 9.53 Å². The van der Waals surface area contributed by atoms with Crippen molar-refractivity contribution in [3.05, 3.63) is 51.8 Å². The topological polar surface area (TPSA) is 61.2 Å². The van der Waals surface area contributed by atoms with Gasteiger partial charge in [-0.05, 0) is 24.6 Å². The number of hydrogen-bond donors (Lipinski definition) is 0. The molecule has 0 spiro atoms. The van der Waals surface area contributed by atoms with Gasteiger partial charge in [0.05, 0.1) is 13.2 Å². The Bertz CT molecular complexity index is 726. The van der Waals surface area contributed by atoms with E-state index in [-0.39, 0.29) is 41.5 Å². The van der Waals surface area contributed by atoms with Crippen LogP contribution >= 0.6 is 11.6 Å². The molecule has 1 aromatic carbocycles. The number of aromatic nitrogens is 2. The molecule has 0 N–H and O–H groups in total. The molecule has 0 bridgehead atoms. The van der Waals surface area contributed by atoms with Crippen molar-refractivity contribution in [2.24, 2.45) is 0 Å². The first-order chi connectivity index (χ1) is 11.0. The lowest BCUT2D eigenvalue weighted by molar-refractivity contribution is -0.107. The Morgan fingerprint density at radius 3 is 2.57 bits per heavy atom. The Hall–Kier alpha value is -2.28. The molecule has 5 nitrogen and oxygen atoms in total. The summed E-state index contributed by atoms with van der Waals surface area (Å²) in [6.45, 7) is 1.71. The fraction of sp³-hybridized carbons (Fsp3) is 0.267. The van der Waals surface area contributed by atoms with E-state index in [2.05, 4.69) is 5.10 Å². The quantitative estimate of drug-likeness (QED) is 0.598. The molecule has 0 aliphatic carbocycles. The van der Waals surface area contributed by atoms with Gasteiger partial charge >= 0.3 is 5.97 Å². The summed E-state index contributed by atoms with van der Waals surface area (Å²) in [5, 5.41) is 4.05. The van der Waals surface area contributed by atoms with Crippen LogP contribution in [0.5, 0.6) is 0 Å². The number of carbonyl (C=O) groups is 2. The molecule has 0 amide bonds. The molecule has 2 rings (SSSR count). The molecule has 0 saturated carbocycles. The molecule has 0 unspecified atom stereocenters. The van der Waals surface area contributed by atoms with Crippen LogP contribution in [0.4, 0.5) is 8.78 Å². The minimum absolute atomic E-state index is 0.0461. The van der Waals surface area contributed by atoms with Crippen molar-refractivity contribution >= 4 is 23.9 Å². The predicted molar refractivity (Wildman–Crippen MR) is 78.4 cm³/mol. The molecule has 0 fully saturated rings. The lowest BCUT2D eigenvalue weighted by atomic mass is 10.2. The first-order valence-electron chi connectivity index (χ1n) is 6.77. The van der Waals surface area contributed by atoms with Crippen LogP contribution in [0.2, 0.25) is 5.15 Å². The normalized spacial score (nSPS) is 10.6. The average Bonchev–Trinajstić information content (AvgIpc) is 2.76. The maximum atomic E-state index is 13.2. The number of hydrogen-bond acceptors (Lipinski definition) is 4. The van der Waals surface area contributed by atoms with E-state index in [9.17, 15) is 18.4 Å². The van der Waals surface area contributed by atoms with Crippen LogP contribution in [0.1, 0.15) is 28.5 Å². The molecule has 1 aromatic heterocycles. The van der Waals surface area contributed by atoms with Gasteiger partial charge in [0.25, 0.3) is 0 Å². The van der Waals surface area contributed by atoms with E-state index in [1.54, 1.807) is 6.92 Å². The molecule has 122 valence electrons. The molecule has 0 radical (unpaired) electrons. The van der Waals surface area contributed by atoms with E-state index < -0.39 is 17.6 Å². The van der Waals surface area contributed by atoms with Gasteiger partial charge in [-0.1, -0.05) is 11.6 Å². The number of aldehydes is 1. The summed E-state index contributed by atoms with van der Waals surface area (Å²) >= 11 is 6.13. The van der Waals surface area contributed by atoms with E-state index >= 15 is 0 Å². The van der Waals surface area contributed by atoms with Crippen LogP contribution in [0, 0.1) is 11.6 Å². The van der Waals surface area contributed by atoms with E-state index in [4.69, 9.17) is 16.3 Å². The maximum absolute atomic E-state index is 13.2. The number of esters is 1. The number of halogens is 3. The average molecular weight is 343 g/mol. The first-order valence-corrected chi connectivity index (χ1v) is 7.15. The third kappa shape index (κ3) is 3.92. The number of ether oxygens (including phenoxy) is 1. The number of rotatable bonds is 6. The van der Waals surface area contributed by atoms with Crippen molar-refractivity contribution in [1.29, 1.82) is 0 Å². The Morgan fingerprint density at radius 1 is 1.35 bits per heavy atom. The largest absolute Gasteiger partial charge is 0.461 e. The minimum atomic E-state index is -0.734. The molecule has 0 atom stereocenters. The van der Waals surface area contributed by atoms with E-state index in [1.165, 1.54) is 4.68 Å². The molecule has 0 aliphatic rings. The molecule has 2 aromatic rings. The van der Waals surface area contributed by atoms with Crippen molar-refractivity contribution in [1.82, 2.24) is 9.78 Å². The van der Waals surface area contributed by atoms with Crippen LogP contribution in [-0.4, -0.2) is 28.6 Å². The zero-order valence-corrected chi connectivity index (χ0v) is 12.9. The first kappa shape index (κ1) is 17.1. The highest BCUT2D eigenvalue weighted by atomic mass is 35.5. The van der Waals surface area contributed by atoms with Crippen molar-refractivity contribution in [2.45, 2.75) is 19.9 Å². The highest BCUT2D eigenvalue weighted by Crippen LogP contribution is 2.23. The van der Waals surface area contributed by atoms with Crippen molar-refractivity contribution in [3.63, 3.8) is 0 Å². The van der Waals surface area contributed by atoms with Crippen molar-refractivity contribution in [2.75, 3.05) is 6.61 Å².